The number of methoxy groups -OCH3 is 1. The second kappa shape index (κ2) is 5.87. The molecule has 0 fully saturated rings. The summed E-state index contributed by atoms with van der Waals surface area (Å²) in [6.07, 6.45) is 0. The van der Waals surface area contributed by atoms with Crippen LogP contribution in [0, 0.1) is 17.1 Å². The number of halogens is 1. The summed E-state index contributed by atoms with van der Waals surface area (Å²) < 4.78 is 18.4. The number of nitrogens with one attached hydrogen (secondary N) is 1. The van der Waals surface area contributed by atoms with Crippen LogP contribution in [-0.4, -0.2) is 7.11 Å². The Balaban J connectivity index is 2.27. The maximum atomic E-state index is 13.2. The van der Waals surface area contributed by atoms with E-state index in [1.165, 1.54) is 12.1 Å². The molecule has 0 spiro atoms. The molecule has 4 heteroatoms. The fourth-order valence-electron chi connectivity index (χ4n) is 1.80. The van der Waals surface area contributed by atoms with Gasteiger partial charge in [0.05, 0.1) is 18.9 Å². The van der Waals surface area contributed by atoms with E-state index in [1.807, 2.05) is 18.2 Å². The van der Waals surface area contributed by atoms with Gasteiger partial charge in [-0.05, 0) is 29.8 Å². The molecule has 0 saturated heterocycles. The van der Waals surface area contributed by atoms with Gasteiger partial charge in [-0.3, -0.25) is 0 Å². The largest absolute Gasteiger partial charge is 0.495 e. The average molecular weight is 256 g/mol. The summed E-state index contributed by atoms with van der Waals surface area (Å²) in [5.74, 6) is 0.277. The van der Waals surface area contributed by atoms with Crippen molar-refractivity contribution < 1.29 is 9.13 Å². The molecule has 0 heterocycles. The molecule has 96 valence electrons. The van der Waals surface area contributed by atoms with Crippen molar-refractivity contribution in [1.29, 1.82) is 5.26 Å². The summed E-state index contributed by atoms with van der Waals surface area (Å²) in [6, 6.07) is 14.7. The molecule has 0 amide bonds. The fourth-order valence-corrected chi connectivity index (χ4v) is 1.80. The summed E-state index contributed by atoms with van der Waals surface area (Å²) in [4.78, 5) is 0. The van der Waals surface area contributed by atoms with Gasteiger partial charge < -0.3 is 10.1 Å². The molecule has 0 saturated carbocycles. The summed E-state index contributed by atoms with van der Waals surface area (Å²) in [5, 5.41) is 12.3. The van der Waals surface area contributed by atoms with Crippen molar-refractivity contribution >= 4 is 5.69 Å². The Morgan fingerprint density at radius 1 is 1.21 bits per heavy atom. The minimum atomic E-state index is -0.632. The van der Waals surface area contributed by atoms with Crippen molar-refractivity contribution in [3.63, 3.8) is 0 Å². The molecule has 3 nitrogen and oxygen atoms in total. The average Bonchev–Trinajstić information content (AvgIpc) is 2.45. The van der Waals surface area contributed by atoms with Crippen LogP contribution in [0.15, 0.2) is 48.5 Å². The summed E-state index contributed by atoms with van der Waals surface area (Å²) in [7, 11) is 1.56. The van der Waals surface area contributed by atoms with Crippen LogP contribution >= 0.6 is 0 Å². The topological polar surface area (TPSA) is 45.0 Å². The number of hydrogen-bond donors (Lipinski definition) is 1. The smallest absolute Gasteiger partial charge is 0.141 e. The van der Waals surface area contributed by atoms with Crippen molar-refractivity contribution in [3.05, 3.63) is 59.9 Å². The van der Waals surface area contributed by atoms with Crippen LogP contribution in [0.5, 0.6) is 5.75 Å². The molecule has 2 rings (SSSR count). The molecular formula is C15H13FN2O. The lowest BCUT2D eigenvalue weighted by atomic mass is 10.1. The van der Waals surface area contributed by atoms with E-state index >= 15 is 0 Å². The van der Waals surface area contributed by atoms with E-state index in [1.54, 1.807) is 25.3 Å². The summed E-state index contributed by atoms with van der Waals surface area (Å²) >= 11 is 0. The van der Waals surface area contributed by atoms with Crippen LogP contribution in [0.1, 0.15) is 11.6 Å². The Bertz CT molecular complexity index is 607. The van der Waals surface area contributed by atoms with Gasteiger partial charge in [-0.2, -0.15) is 5.26 Å². The second-order valence-electron chi connectivity index (χ2n) is 3.96. The third-order valence-electron chi connectivity index (χ3n) is 2.72. The highest BCUT2D eigenvalue weighted by molar-refractivity contribution is 5.58. The van der Waals surface area contributed by atoms with Crippen molar-refractivity contribution in [3.8, 4) is 11.8 Å². The highest BCUT2D eigenvalue weighted by Gasteiger charge is 2.13. The monoisotopic (exact) mass is 256 g/mol. The molecule has 1 atom stereocenters. The van der Waals surface area contributed by atoms with Crippen molar-refractivity contribution in [2.75, 3.05) is 12.4 Å². The van der Waals surface area contributed by atoms with Crippen LogP contribution in [0.3, 0.4) is 0 Å². The third-order valence-corrected chi connectivity index (χ3v) is 2.72. The Morgan fingerprint density at radius 3 is 2.68 bits per heavy atom. The van der Waals surface area contributed by atoms with E-state index in [2.05, 4.69) is 11.4 Å². The van der Waals surface area contributed by atoms with Gasteiger partial charge >= 0.3 is 0 Å². The highest BCUT2D eigenvalue weighted by atomic mass is 19.1. The first-order valence-electron chi connectivity index (χ1n) is 5.79. The molecule has 2 aromatic carbocycles. The predicted octanol–water partition coefficient (Wildman–Crippen LogP) is 3.51. The lowest BCUT2D eigenvalue weighted by molar-refractivity contribution is 0.416. The molecule has 2 aromatic rings. The number of rotatable bonds is 4. The zero-order chi connectivity index (χ0) is 13.7. The first-order valence-corrected chi connectivity index (χ1v) is 5.79. The molecule has 0 aliphatic heterocycles. The van der Waals surface area contributed by atoms with Gasteiger partial charge in [-0.25, -0.2) is 4.39 Å². The molecule has 1 unspecified atom stereocenters. The Labute approximate surface area is 111 Å². The molecule has 0 aliphatic carbocycles. The van der Waals surface area contributed by atoms with Crippen LogP contribution in [0.2, 0.25) is 0 Å². The number of benzene rings is 2. The standard InChI is InChI=1S/C15H13FN2O/c1-19-15-8-3-2-7-13(15)18-14(10-17)11-5-4-6-12(16)9-11/h2-9,14,18H,1H3. The number of para-hydroxylation sites is 2. The van der Waals surface area contributed by atoms with Crippen LogP contribution in [0.25, 0.3) is 0 Å². The predicted molar refractivity (Wildman–Crippen MR) is 71.4 cm³/mol. The normalized spacial score (nSPS) is 11.4. The molecule has 0 radical (unpaired) electrons. The van der Waals surface area contributed by atoms with Crippen LogP contribution < -0.4 is 10.1 Å². The van der Waals surface area contributed by atoms with Gasteiger partial charge in [0.2, 0.25) is 0 Å². The number of anilines is 1. The highest BCUT2D eigenvalue weighted by Crippen LogP contribution is 2.27. The number of nitriles is 1. The SMILES string of the molecule is COc1ccccc1NC(C#N)c1cccc(F)c1. The van der Waals surface area contributed by atoms with Crippen molar-refractivity contribution in [2.45, 2.75) is 6.04 Å². The lowest BCUT2D eigenvalue weighted by Crippen LogP contribution is -2.09. The maximum Gasteiger partial charge on any atom is 0.141 e. The first-order chi connectivity index (χ1) is 9.24. The maximum absolute atomic E-state index is 13.2. The molecule has 1 N–H and O–H groups in total. The Kier molecular flexibility index (Phi) is 3.99. The van der Waals surface area contributed by atoms with Gasteiger partial charge in [0.1, 0.15) is 17.6 Å². The van der Waals surface area contributed by atoms with Crippen LogP contribution in [0.4, 0.5) is 10.1 Å². The van der Waals surface area contributed by atoms with E-state index in [0.29, 0.717) is 17.0 Å². The van der Waals surface area contributed by atoms with E-state index < -0.39 is 6.04 Å². The minimum Gasteiger partial charge on any atom is -0.495 e. The summed E-state index contributed by atoms with van der Waals surface area (Å²) in [6.45, 7) is 0. The number of nitrogens with zero attached hydrogens (tertiary/aromatic N) is 1. The lowest BCUT2D eigenvalue weighted by Gasteiger charge is -2.15. The van der Waals surface area contributed by atoms with E-state index in [4.69, 9.17) is 4.74 Å². The van der Waals surface area contributed by atoms with Gasteiger partial charge in [-0.1, -0.05) is 24.3 Å². The Morgan fingerprint density at radius 2 is 2.00 bits per heavy atom. The van der Waals surface area contributed by atoms with Gasteiger partial charge in [0.25, 0.3) is 0 Å². The van der Waals surface area contributed by atoms with E-state index in [0.717, 1.165) is 0 Å². The van der Waals surface area contributed by atoms with E-state index in [9.17, 15) is 9.65 Å². The quantitative estimate of drug-likeness (QED) is 0.910. The zero-order valence-corrected chi connectivity index (χ0v) is 10.4. The van der Waals surface area contributed by atoms with Crippen LogP contribution in [-0.2, 0) is 0 Å². The molecular weight excluding hydrogens is 243 g/mol. The second-order valence-corrected chi connectivity index (χ2v) is 3.96. The zero-order valence-electron chi connectivity index (χ0n) is 10.4. The fraction of sp³-hybridized carbons (Fsp3) is 0.133. The molecule has 0 aliphatic rings. The van der Waals surface area contributed by atoms with Gasteiger partial charge in [0.15, 0.2) is 0 Å². The van der Waals surface area contributed by atoms with Crippen molar-refractivity contribution in [2.24, 2.45) is 0 Å². The first kappa shape index (κ1) is 12.9. The van der Waals surface area contributed by atoms with E-state index in [-0.39, 0.29) is 5.82 Å². The molecule has 0 aromatic heterocycles. The number of hydrogen-bond acceptors (Lipinski definition) is 3. The Hall–Kier alpha value is -2.54. The van der Waals surface area contributed by atoms with Gasteiger partial charge in [-0.15, -0.1) is 0 Å². The minimum absolute atomic E-state index is 0.362. The van der Waals surface area contributed by atoms with Gasteiger partial charge in [0, 0.05) is 0 Å². The third kappa shape index (κ3) is 3.02. The summed E-state index contributed by atoms with van der Waals surface area (Å²) in [5.41, 5.74) is 1.27. The molecule has 19 heavy (non-hydrogen) atoms. The molecule has 0 bridgehead atoms. The van der Waals surface area contributed by atoms with Crippen molar-refractivity contribution in [1.82, 2.24) is 0 Å². The number of ether oxygens (including phenoxy) is 1.